The van der Waals surface area contributed by atoms with E-state index in [1.165, 1.54) is 0 Å². The van der Waals surface area contributed by atoms with Crippen LogP contribution in [0, 0.1) is 17.8 Å². The second-order valence-corrected chi connectivity index (χ2v) is 9.99. The number of hydrogen-bond donors (Lipinski definition) is 0. The van der Waals surface area contributed by atoms with Gasteiger partial charge in [-0.2, -0.15) is 0 Å². The second kappa shape index (κ2) is 15.9. The lowest BCUT2D eigenvalue weighted by atomic mass is 9.72. The van der Waals surface area contributed by atoms with Crippen molar-refractivity contribution < 1.29 is 19.1 Å². The summed E-state index contributed by atoms with van der Waals surface area (Å²) >= 11 is 0. The van der Waals surface area contributed by atoms with Gasteiger partial charge in [-0.1, -0.05) is 110 Å². The summed E-state index contributed by atoms with van der Waals surface area (Å²) < 4.78 is 11.5. The molecular weight excluding hydrogens is 412 g/mol. The summed E-state index contributed by atoms with van der Waals surface area (Å²) in [6, 6.07) is 9.92. The topological polar surface area (TPSA) is 52.6 Å². The number of rotatable bonds is 17. The molecule has 3 atom stereocenters. The van der Waals surface area contributed by atoms with Crippen LogP contribution in [0.2, 0.25) is 0 Å². The van der Waals surface area contributed by atoms with Gasteiger partial charge in [-0.15, -0.1) is 0 Å². The van der Waals surface area contributed by atoms with E-state index < -0.39 is 11.3 Å². The zero-order valence-electron chi connectivity index (χ0n) is 22.0. The predicted octanol–water partition coefficient (Wildman–Crippen LogP) is 7.49. The van der Waals surface area contributed by atoms with E-state index in [9.17, 15) is 9.59 Å². The summed E-state index contributed by atoms with van der Waals surface area (Å²) in [6.45, 7) is 13.5. The smallest absolute Gasteiger partial charge is 0.310 e. The Morgan fingerprint density at radius 2 is 1.33 bits per heavy atom. The van der Waals surface area contributed by atoms with Crippen LogP contribution >= 0.6 is 0 Å². The highest BCUT2D eigenvalue weighted by Gasteiger charge is 2.40. The van der Waals surface area contributed by atoms with Crippen LogP contribution in [0.25, 0.3) is 0 Å². The lowest BCUT2D eigenvalue weighted by Crippen LogP contribution is -2.38. The van der Waals surface area contributed by atoms with Crippen molar-refractivity contribution in [3.8, 4) is 0 Å². The van der Waals surface area contributed by atoms with Crippen molar-refractivity contribution in [3.63, 3.8) is 0 Å². The van der Waals surface area contributed by atoms with Crippen LogP contribution in [0.15, 0.2) is 30.3 Å². The summed E-state index contributed by atoms with van der Waals surface area (Å²) in [7, 11) is 0. The highest BCUT2D eigenvalue weighted by atomic mass is 16.5. The Hall–Kier alpha value is -1.84. The first-order valence-electron chi connectivity index (χ1n) is 13.2. The monoisotopic (exact) mass is 460 g/mol. The molecule has 0 N–H and O–H groups in total. The van der Waals surface area contributed by atoms with E-state index in [2.05, 4.69) is 27.7 Å². The summed E-state index contributed by atoms with van der Waals surface area (Å²) in [5, 5.41) is 0. The van der Waals surface area contributed by atoms with Gasteiger partial charge in [0.05, 0.1) is 25.6 Å². The Balaban J connectivity index is 2.91. The Kier molecular flexibility index (Phi) is 14.1. The second-order valence-electron chi connectivity index (χ2n) is 9.99. The molecule has 1 aromatic carbocycles. The van der Waals surface area contributed by atoms with Crippen molar-refractivity contribution in [2.45, 2.75) is 105 Å². The van der Waals surface area contributed by atoms with E-state index in [0.29, 0.717) is 25.0 Å². The fourth-order valence-corrected chi connectivity index (χ4v) is 4.24. The molecule has 0 amide bonds. The predicted molar refractivity (Wildman–Crippen MR) is 136 cm³/mol. The molecular formula is C29H48O4. The van der Waals surface area contributed by atoms with Crippen molar-refractivity contribution in [1.82, 2.24) is 0 Å². The van der Waals surface area contributed by atoms with E-state index in [-0.39, 0.29) is 18.4 Å². The molecule has 0 aliphatic carbocycles. The van der Waals surface area contributed by atoms with Crippen molar-refractivity contribution in [3.05, 3.63) is 35.9 Å². The van der Waals surface area contributed by atoms with Crippen molar-refractivity contribution in [1.29, 1.82) is 0 Å². The van der Waals surface area contributed by atoms with Crippen LogP contribution < -0.4 is 0 Å². The van der Waals surface area contributed by atoms with Crippen LogP contribution in [0.5, 0.6) is 0 Å². The first-order valence-corrected chi connectivity index (χ1v) is 13.2. The first kappa shape index (κ1) is 29.2. The van der Waals surface area contributed by atoms with Crippen molar-refractivity contribution in [2.75, 3.05) is 13.2 Å². The van der Waals surface area contributed by atoms with Crippen LogP contribution in [-0.2, 0) is 24.5 Å². The number of carbonyl (C=O) groups excluding carboxylic acids is 2. The van der Waals surface area contributed by atoms with E-state index in [1.54, 1.807) is 0 Å². The van der Waals surface area contributed by atoms with Crippen molar-refractivity contribution in [2.24, 2.45) is 17.8 Å². The molecule has 0 bridgehead atoms. The molecule has 188 valence electrons. The number of hydrogen-bond acceptors (Lipinski definition) is 4. The maximum absolute atomic E-state index is 13.3. The molecule has 0 aliphatic rings. The molecule has 0 aliphatic heterocycles. The average Bonchev–Trinajstić information content (AvgIpc) is 2.83. The maximum atomic E-state index is 13.3. The molecule has 4 heteroatoms. The molecule has 33 heavy (non-hydrogen) atoms. The van der Waals surface area contributed by atoms with Gasteiger partial charge in [0.2, 0.25) is 0 Å². The Bertz CT molecular complexity index is 667. The first-order chi connectivity index (χ1) is 15.8. The fraction of sp³-hybridized carbons (Fsp3) is 0.724. The summed E-state index contributed by atoms with van der Waals surface area (Å²) in [5.41, 5.74) is 0.474. The van der Waals surface area contributed by atoms with Gasteiger partial charge in [-0.05, 0) is 30.2 Å². The average molecular weight is 461 g/mol. The van der Waals surface area contributed by atoms with E-state index >= 15 is 0 Å². The van der Waals surface area contributed by atoms with Crippen LogP contribution in [0.1, 0.15) is 105 Å². The molecule has 3 unspecified atom stereocenters. The van der Waals surface area contributed by atoms with Gasteiger partial charge in [0.1, 0.15) is 0 Å². The Labute approximate surface area is 202 Å². The Morgan fingerprint density at radius 3 is 1.82 bits per heavy atom. The third-order valence-electron chi connectivity index (χ3n) is 7.07. The van der Waals surface area contributed by atoms with E-state index in [0.717, 1.165) is 56.9 Å². The fourth-order valence-electron chi connectivity index (χ4n) is 4.24. The zero-order chi connectivity index (χ0) is 24.7. The number of esters is 2. The molecule has 4 nitrogen and oxygen atoms in total. The van der Waals surface area contributed by atoms with Crippen LogP contribution in [0.3, 0.4) is 0 Å². The SMILES string of the molecule is CCCCC(CC)COC(=O)CC(C(=O)OCC(CC)CCCC)C(C)(C)c1ccccc1. The highest BCUT2D eigenvalue weighted by molar-refractivity contribution is 5.81. The number of ether oxygens (including phenoxy) is 2. The minimum absolute atomic E-state index is 0.0384. The molecule has 0 heterocycles. The number of unbranched alkanes of at least 4 members (excludes halogenated alkanes) is 2. The highest BCUT2D eigenvalue weighted by Crippen LogP contribution is 2.35. The van der Waals surface area contributed by atoms with E-state index in [1.807, 2.05) is 44.2 Å². The van der Waals surface area contributed by atoms with Gasteiger partial charge in [0, 0.05) is 5.41 Å². The minimum atomic E-state index is -0.591. The molecule has 0 radical (unpaired) electrons. The van der Waals surface area contributed by atoms with Crippen LogP contribution in [0.4, 0.5) is 0 Å². The molecule has 0 saturated carbocycles. The molecule has 0 spiro atoms. The van der Waals surface area contributed by atoms with Gasteiger partial charge in [0.25, 0.3) is 0 Å². The van der Waals surface area contributed by atoms with Gasteiger partial charge in [0.15, 0.2) is 0 Å². The summed E-state index contributed by atoms with van der Waals surface area (Å²) in [5.74, 6) is -0.454. The summed E-state index contributed by atoms with van der Waals surface area (Å²) in [6.07, 6.45) is 8.69. The third kappa shape index (κ3) is 10.3. The molecule has 0 saturated heterocycles. The van der Waals surface area contributed by atoms with Gasteiger partial charge >= 0.3 is 11.9 Å². The molecule has 0 aromatic heterocycles. The van der Waals surface area contributed by atoms with Gasteiger partial charge in [-0.25, -0.2) is 0 Å². The normalized spacial score (nSPS) is 14.4. The largest absolute Gasteiger partial charge is 0.465 e. The number of carbonyl (C=O) groups is 2. The van der Waals surface area contributed by atoms with Gasteiger partial charge in [-0.3, -0.25) is 9.59 Å². The molecule has 1 aromatic rings. The minimum Gasteiger partial charge on any atom is -0.465 e. The lowest BCUT2D eigenvalue weighted by molar-refractivity contribution is -0.159. The zero-order valence-corrected chi connectivity index (χ0v) is 22.0. The lowest BCUT2D eigenvalue weighted by Gasteiger charge is -2.33. The summed E-state index contributed by atoms with van der Waals surface area (Å²) in [4.78, 5) is 26.1. The van der Waals surface area contributed by atoms with Crippen molar-refractivity contribution >= 4 is 11.9 Å². The standard InChI is InChI=1S/C29H48O4/c1-7-11-16-23(9-3)21-32-27(30)20-26(29(5,6)25-18-14-13-15-19-25)28(31)33-22-24(10-4)17-12-8-2/h13-15,18-19,23-24,26H,7-12,16-17,20-22H2,1-6H3. The maximum Gasteiger partial charge on any atom is 0.310 e. The van der Waals surface area contributed by atoms with Crippen LogP contribution in [-0.4, -0.2) is 25.2 Å². The van der Waals surface area contributed by atoms with E-state index in [4.69, 9.17) is 9.47 Å². The third-order valence-corrected chi connectivity index (χ3v) is 7.07. The molecule has 0 fully saturated rings. The van der Waals surface area contributed by atoms with Gasteiger partial charge < -0.3 is 9.47 Å². The Morgan fingerprint density at radius 1 is 0.818 bits per heavy atom. The molecule has 1 rings (SSSR count). The number of benzene rings is 1. The quantitative estimate of drug-likeness (QED) is 0.226.